The number of hydrogen-bond donors (Lipinski definition) is 6. The second-order valence-corrected chi connectivity index (χ2v) is 21.7. The lowest BCUT2D eigenvalue weighted by Gasteiger charge is -2.40. The zero-order chi connectivity index (χ0) is 36.7. The summed E-state index contributed by atoms with van der Waals surface area (Å²) in [6.07, 6.45) is -2.94. The lowest BCUT2D eigenvalue weighted by atomic mass is 10.1. The zero-order valence-electron chi connectivity index (χ0n) is 28.1. The van der Waals surface area contributed by atoms with Crippen molar-refractivity contribution in [2.45, 2.75) is 88.2 Å². The molecule has 51 heavy (non-hydrogen) atoms. The number of nitrogens with two attached hydrogens (primary N) is 2. The summed E-state index contributed by atoms with van der Waals surface area (Å²) in [7, 11) is -12.3. The zero-order valence-corrected chi connectivity index (χ0v) is 30.9. The molecule has 2 bridgehead atoms. The summed E-state index contributed by atoms with van der Waals surface area (Å²) in [5.41, 5.74) is 11.7. The highest BCUT2D eigenvalue weighted by Crippen LogP contribution is 2.53. The minimum absolute atomic E-state index is 0.0147. The Labute approximate surface area is 290 Å². The van der Waals surface area contributed by atoms with Crippen LogP contribution in [0.25, 0.3) is 22.3 Å². The van der Waals surface area contributed by atoms with Crippen LogP contribution in [0.1, 0.15) is 39.6 Å². The van der Waals surface area contributed by atoms with E-state index in [1.807, 2.05) is 33.9 Å². The first-order valence-corrected chi connectivity index (χ1v) is 21.9. The molecular weight excluding hydrogens is 732 g/mol. The molecule has 3 aliphatic rings. The molecule has 4 aromatic heterocycles. The number of phosphoric acid groups is 1. The van der Waals surface area contributed by atoms with E-state index in [0.29, 0.717) is 11.2 Å². The van der Waals surface area contributed by atoms with E-state index in [4.69, 9.17) is 38.9 Å². The van der Waals surface area contributed by atoms with Gasteiger partial charge in [0.25, 0.3) is 5.56 Å². The van der Waals surface area contributed by atoms with E-state index in [1.54, 1.807) is 4.57 Å². The van der Waals surface area contributed by atoms with Crippen LogP contribution in [0.15, 0.2) is 23.8 Å². The Balaban J connectivity index is 1.25. The van der Waals surface area contributed by atoms with Crippen LogP contribution in [-0.4, -0.2) is 101 Å². The minimum atomic E-state index is -5.00. The molecule has 278 valence electrons. The Bertz CT molecular complexity index is 2120. The highest BCUT2D eigenvalue weighted by atomic mass is 31.2. The van der Waals surface area contributed by atoms with Gasteiger partial charge in [0.05, 0.1) is 31.9 Å². The number of nitrogens with zero attached hydrogens (tertiary/aromatic N) is 7. The molecule has 8 N–H and O–H groups in total. The summed E-state index contributed by atoms with van der Waals surface area (Å²) < 4.78 is 66.6. The van der Waals surface area contributed by atoms with Crippen LogP contribution >= 0.6 is 15.6 Å². The fourth-order valence-electron chi connectivity index (χ4n) is 6.01. The fourth-order valence-corrected chi connectivity index (χ4v) is 9.37. The number of hydrogen-bond acceptors (Lipinski definition) is 16. The Kier molecular flexibility index (Phi) is 9.04. The lowest BCUT2D eigenvalue weighted by molar-refractivity contribution is -0.0549. The van der Waals surface area contributed by atoms with Crippen LogP contribution in [0.2, 0.25) is 18.1 Å². The van der Waals surface area contributed by atoms with Gasteiger partial charge in [-0.15, -0.1) is 0 Å². The maximum Gasteiger partial charge on any atom is 0.472 e. The van der Waals surface area contributed by atoms with Crippen LogP contribution in [0.3, 0.4) is 0 Å². The predicted octanol–water partition coefficient (Wildman–Crippen LogP) is 1.29. The molecule has 0 aliphatic carbocycles. The molecule has 22 nitrogen and oxygen atoms in total. The standard InChI is InChI=1S/C26H39N11O11P2Si/c1-26(2,3)51(4,5)48-18-14-8-43-49(39,40)35-12-6-15(36-10-31-16-20(27)29-9-30-21(16)36)45-13(12)7-44-50(41,42)47-19(18)24(46-14)37-11-32-17-22(37)33-25(28)34-23(17)38/h9-15,18-19,24H,6-8H2,1-5H3,(H,41,42)(H2,27,29,30)(H2,35,39,40)(H3,28,33,34,38). The molecule has 9 unspecified atom stereocenters. The molecule has 3 fully saturated rings. The minimum Gasteiger partial charge on any atom is -0.408 e. The summed E-state index contributed by atoms with van der Waals surface area (Å²) in [4.78, 5) is 58.0. The molecule has 4 aromatic rings. The Hall–Kier alpha value is -3.18. The second-order valence-electron chi connectivity index (χ2n) is 14.0. The number of H-pyrrole nitrogens is 1. The van der Waals surface area contributed by atoms with Crippen molar-refractivity contribution in [3.63, 3.8) is 0 Å². The van der Waals surface area contributed by atoms with Gasteiger partial charge in [-0.3, -0.25) is 32.5 Å². The number of anilines is 2. The maximum absolute atomic E-state index is 13.8. The Morgan fingerprint density at radius 3 is 2.43 bits per heavy atom. The molecule has 0 spiro atoms. The third-order valence-electron chi connectivity index (χ3n) is 9.58. The number of nitrogens with one attached hydrogen (secondary N) is 2. The number of phosphoric ester groups is 1. The van der Waals surface area contributed by atoms with Gasteiger partial charge < -0.3 is 35.2 Å². The van der Waals surface area contributed by atoms with Gasteiger partial charge in [0.2, 0.25) is 5.95 Å². The van der Waals surface area contributed by atoms with E-state index < -0.39 is 85.6 Å². The molecule has 0 amide bonds. The molecule has 3 saturated heterocycles. The summed E-state index contributed by atoms with van der Waals surface area (Å²) in [6, 6.07) is -0.930. The van der Waals surface area contributed by atoms with Gasteiger partial charge in [-0.25, -0.2) is 34.2 Å². The number of fused-ring (bicyclic) bond motifs is 5. The number of ether oxygens (including phenoxy) is 2. The van der Waals surface area contributed by atoms with Crippen LogP contribution in [0, 0.1) is 0 Å². The number of imidazole rings is 2. The van der Waals surface area contributed by atoms with E-state index in [-0.39, 0.29) is 34.4 Å². The summed E-state index contributed by atoms with van der Waals surface area (Å²) in [6.45, 7) is 8.78. The van der Waals surface area contributed by atoms with Gasteiger partial charge in [0.15, 0.2) is 37.2 Å². The van der Waals surface area contributed by atoms with Crippen molar-refractivity contribution >= 4 is 58.0 Å². The van der Waals surface area contributed by atoms with Gasteiger partial charge in [-0.2, -0.15) is 4.98 Å². The van der Waals surface area contributed by atoms with Crippen molar-refractivity contribution in [3.05, 3.63) is 29.3 Å². The largest absolute Gasteiger partial charge is 0.472 e. The van der Waals surface area contributed by atoms with E-state index in [1.165, 1.54) is 23.5 Å². The van der Waals surface area contributed by atoms with Crippen LogP contribution in [-0.2, 0) is 36.6 Å². The van der Waals surface area contributed by atoms with Crippen molar-refractivity contribution in [1.29, 1.82) is 0 Å². The highest BCUT2D eigenvalue weighted by molar-refractivity contribution is 7.50. The lowest BCUT2D eigenvalue weighted by Crippen LogP contribution is -2.50. The average Bonchev–Trinajstić information content (AvgIpc) is 3.79. The van der Waals surface area contributed by atoms with Crippen molar-refractivity contribution in [2.75, 3.05) is 24.7 Å². The van der Waals surface area contributed by atoms with Crippen molar-refractivity contribution in [2.24, 2.45) is 0 Å². The van der Waals surface area contributed by atoms with Gasteiger partial charge in [0.1, 0.15) is 42.5 Å². The topological polar surface area (TPSA) is 301 Å². The van der Waals surface area contributed by atoms with Gasteiger partial charge in [-0.1, -0.05) is 20.8 Å². The molecule has 25 heteroatoms. The summed E-state index contributed by atoms with van der Waals surface area (Å²) in [5, 5.41) is 2.25. The normalized spacial score (nSPS) is 33.9. The SMILES string of the molecule is CC(C)(C)[Si](C)(C)OC1C2COP(=O)(O)NC3CC(n4cnc5c(N)ncnc54)OC3COP(=O)(O)OC1C(n1cnc3c(=O)[nH]c(N)nc31)O2. The van der Waals surface area contributed by atoms with E-state index >= 15 is 0 Å². The summed E-state index contributed by atoms with van der Waals surface area (Å²) in [5.74, 6) is -0.0681. The molecule has 0 saturated carbocycles. The molecule has 9 atom stereocenters. The van der Waals surface area contributed by atoms with E-state index in [2.05, 4.69) is 35.0 Å². The highest BCUT2D eigenvalue weighted by Gasteiger charge is 2.55. The molecule has 3 aliphatic heterocycles. The smallest absolute Gasteiger partial charge is 0.408 e. The first kappa shape index (κ1) is 36.2. The molecular formula is C26H39N11O11P2Si. The molecule has 0 radical (unpaired) electrons. The quantitative estimate of drug-likeness (QED) is 0.126. The summed E-state index contributed by atoms with van der Waals surface area (Å²) >= 11 is 0. The molecule has 7 rings (SSSR count). The number of nitrogen functional groups attached to an aromatic ring is 2. The van der Waals surface area contributed by atoms with Gasteiger partial charge in [0, 0.05) is 6.42 Å². The maximum atomic E-state index is 13.8. The third kappa shape index (κ3) is 6.89. The first-order chi connectivity index (χ1) is 23.8. The van der Waals surface area contributed by atoms with Crippen molar-refractivity contribution in [1.82, 2.24) is 44.1 Å². The number of rotatable bonds is 4. The van der Waals surface area contributed by atoms with Crippen molar-refractivity contribution < 1.29 is 46.4 Å². The first-order valence-electron chi connectivity index (χ1n) is 15.9. The number of aromatic nitrogens is 8. The average molecular weight is 772 g/mol. The van der Waals surface area contributed by atoms with E-state index in [0.717, 1.165) is 0 Å². The molecule has 0 aromatic carbocycles. The monoisotopic (exact) mass is 771 g/mol. The van der Waals surface area contributed by atoms with Crippen LogP contribution in [0.5, 0.6) is 0 Å². The Morgan fingerprint density at radius 1 is 0.980 bits per heavy atom. The van der Waals surface area contributed by atoms with Gasteiger partial charge >= 0.3 is 15.6 Å². The second kappa shape index (κ2) is 12.7. The van der Waals surface area contributed by atoms with Crippen molar-refractivity contribution in [3.8, 4) is 0 Å². The van der Waals surface area contributed by atoms with E-state index in [9.17, 15) is 23.7 Å². The third-order valence-corrected chi connectivity index (χ3v) is 16.2. The Morgan fingerprint density at radius 2 is 1.69 bits per heavy atom. The van der Waals surface area contributed by atoms with Crippen LogP contribution < -0.4 is 22.1 Å². The van der Waals surface area contributed by atoms with Crippen LogP contribution in [0.4, 0.5) is 11.8 Å². The number of aromatic amines is 1. The van der Waals surface area contributed by atoms with Gasteiger partial charge in [-0.05, 0) is 18.1 Å². The fraction of sp³-hybridized carbons (Fsp3) is 0.615. The molecule has 7 heterocycles. The predicted molar refractivity (Wildman–Crippen MR) is 180 cm³/mol.